The molecule has 17 heavy (non-hydrogen) atoms. The van der Waals surface area contributed by atoms with Crippen LogP contribution in [0.2, 0.25) is 0 Å². The second-order valence-electron chi connectivity index (χ2n) is 3.81. The van der Waals surface area contributed by atoms with E-state index in [2.05, 4.69) is 5.32 Å². The number of carboxylic acids is 1. The molecule has 1 amide bonds. The number of nitrogens with one attached hydrogen (secondary N) is 1. The van der Waals surface area contributed by atoms with Gasteiger partial charge in [0.15, 0.2) is 0 Å². The average Bonchev–Trinajstić information content (AvgIpc) is 2.56. The minimum atomic E-state index is -1.05. The van der Waals surface area contributed by atoms with E-state index in [0.29, 0.717) is 5.00 Å². The Morgan fingerprint density at radius 1 is 1.53 bits per heavy atom. The van der Waals surface area contributed by atoms with Crippen LogP contribution in [0.3, 0.4) is 0 Å². The molecule has 2 N–H and O–H groups in total. The summed E-state index contributed by atoms with van der Waals surface area (Å²) in [4.78, 5) is 23.2. The zero-order valence-corrected chi connectivity index (χ0v) is 10.8. The Bertz CT molecular complexity index is 425. The summed E-state index contributed by atoms with van der Waals surface area (Å²) in [5.41, 5.74) is 0.116. The van der Waals surface area contributed by atoms with E-state index in [4.69, 9.17) is 9.84 Å². The fourth-order valence-electron chi connectivity index (χ4n) is 1.17. The predicted molar refractivity (Wildman–Crippen MR) is 65.7 cm³/mol. The molecule has 0 aliphatic heterocycles. The highest BCUT2D eigenvalue weighted by atomic mass is 32.1. The zero-order valence-electron chi connectivity index (χ0n) is 9.94. The quantitative estimate of drug-likeness (QED) is 0.847. The number of rotatable bonds is 5. The lowest BCUT2D eigenvalue weighted by Crippen LogP contribution is -2.21. The highest BCUT2D eigenvalue weighted by Gasteiger charge is 2.15. The van der Waals surface area contributed by atoms with Crippen molar-refractivity contribution in [2.45, 2.75) is 26.9 Å². The van der Waals surface area contributed by atoms with Crippen LogP contribution in [0.5, 0.6) is 0 Å². The Morgan fingerprint density at radius 3 is 2.71 bits per heavy atom. The highest BCUT2D eigenvalue weighted by molar-refractivity contribution is 7.16. The van der Waals surface area contributed by atoms with Gasteiger partial charge in [0.25, 0.3) is 5.91 Å². The number of hydrogen-bond donors (Lipinski definition) is 2. The van der Waals surface area contributed by atoms with Gasteiger partial charge in [-0.1, -0.05) is 0 Å². The van der Waals surface area contributed by atoms with E-state index >= 15 is 0 Å². The fraction of sp³-hybridized carbons (Fsp3) is 0.455. The third-order valence-electron chi connectivity index (χ3n) is 1.89. The van der Waals surface area contributed by atoms with Crippen molar-refractivity contribution >= 4 is 28.2 Å². The molecular formula is C11H15NO4S. The number of ether oxygens (including phenoxy) is 1. The molecule has 0 atom stereocenters. The standard InChI is InChI=1S/C11H15NO4S/c1-6(2)16-5-9(13)12-10-8(11(14)15)4-7(3)17-10/h4,6H,5H2,1-3H3,(H,12,13)(H,14,15). The van der Waals surface area contributed by atoms with Gasteiger partial charge >= 0.3 is 5.97 Å². The van der Waals surface area contributed by atoms with Gasteiger partial charge in [0.05, 0.1) is 11.7 Å². The Kier molecular flexibility index (Phi) is 4.65. The molecule has 0 aromatic carbocycles. The van der Waals surface area contributed by atoms with E-state index in [-0.39, 0.29) is 24.2 Å². The molecule has 0 radical (unpaired) electrons. The van der Waals surface area contributed by atoms with Gasteiger partial charge in [-0.05, 0) is 26.8 Å². The molecule has 0 unspecified atom stereocenters. The smallest absolute Gasteiger partial charge is 0.338 e. The van der Waals surface area contributed by atoms with Gasteiger partial charge in [0.2, 0.25) is 0 Å². The number of anilines is 1. The number of hydrogen-bond acceptors (Lipinski definition) is 4. The van der Waals surface area contributed by atoms with Crippen LogP contribution in [-0.4, -0.2) is 29.7 Å². The molecule has 5 nitrogen and oxygen atoms in total. The van der Waals surface area contributed by atoms with Crippen molar-refractivity contribution < 1.29 is 19.4 Å². The number of carbonyl (C=O) groups excluding carboxylic acids is 1. The van der Waals surface area contributed by atoms with Gasteiger partial charge in [-0.15, -0.1) is 11.3 Å². The van der Waals surface area contributed by atoms with Crippen molar-refractivity contribution in [2.24, 2.45) is 0 Å². The number of carboxylic acid groups (broad SMARTS) is 1. The number of amides is 1. The van der Waals surface area contributed by atoms with Crippen LogP contribution >= 0.6 is 11.3 Å². The van der Waals surface area contributed by atoms with E-state index < -0.39 is 5.97 Å². The lowest BCUT2D eigenvalue weighted by atomic mass is 10.3. The summed E-state index contributed by atoms with van der Waals surface area (Å²) >= 11 is 1.24. The molecule has 1 heterocycles. The number of thiophene rings is 1. The van der Waals surface area contributed by atoms with Crippen molar-refractivity contribution in [3.8, 4) is 0 Å². The summed E-state index contributed by atoms with van der Waals surface area (Å²) in [6.07, 6.45) is -0.0373. The molecule has 6 heteroatoms. The molecule has 0 aliphatic carbocycles. The molecule has 0 fully saturated rings. The highest BCUT2D eigenvalue weighted by Crippen LogP contribution is 2.27. The van der Waals surface area contributed by atoms with E-state index in [1.807, 2.05) is 13.8 Å². The van der Waals surface area contributed by atoms with Crippen molar-refractivity contribution in [3.63, 3.8) is 0 Å². The van der Waals surface area contributed by atoms with Crippen molar-refractivity contribution in [1.82, 2.24) is 0 Å². The zero-order chi connectivity index (χ0) is 13.0. The molecule has 1 rings (SSSR count). The molecule has 0 aliphatic rings. The largest absolute Gasteiger partial charge is 0.478 e. The lowest BCUT2D eigenvalue weighted by Gasteiger charge is -2.07. The van der Waals surface area contributed by atoms with E-state index in [1.165, 1.54) is 17.4 Å². The summed E-state index contributed by atoms with van der Waals surface area (Å²) in [5, 5.41) is 11.8. The van der Waals surface area contributed by atoms with Crippen molar-refractivity contribution in [1.29, 1.82) is 0 Å². The first-order valence-corrected chi connectivity index (χ1v) is 5.97. The van der Waals surface area contributed by atoms with Crippen molar-refractivity contribution in [2.75, 3.05) is 11.9 Å². The van der Waals surface area contributed by atoms with Crippen LogP contribution in [0.1, 0.15) is 29.1 Å². The summed E-state index contributed by atoms with van der Waals surface area (Å²) in [6, 6.07) is 1.53. The fourth-order valence-corrected chi connectivity index (χ4v) is 2.09. The topological polar surface area (TPSA) is 75.6 Å². The predicted octanol–water partition coefficient (Wildman–Crippen LogP) is 2.12. The van der Waals surface area contributed by atoms with Crippen LogP contribution in [-0.2, 0) is 9.53 Å². The Labute approximate surface area is 103 Å². The first-order chi connectivity index (χ1) is 7.90. The van der Waals surface area contributed by atoms with Gasteiger partial charge < -0.3 is 15.2 Å². The minimum absolute atomic E-state index is 0.0373. The van der Waals surface area contributed by atoms with E-state index in [9.17, 15) is 9.59 Å². The molecule has 1 aromatic heterocycles. The Hall–Kier alpha value is -1.40. The SMILES string of the molecule is Cc1cc(C(=O)O)c(NC(=O)COC(C)C)s1. The average molecular weight is 257 g/mol. The summed E-state index contributed by atoms with van der Waals surface area (Å²) < 4.78 is 5.13. The second-order valence-corrected chi connectivity index (χ2v) is 5.07. The first-order valence-electron chi connectivity index (χ1n) is 5.15. The maximum atomic E-state index is 11.5. The number of carbonyl (C=O) groups is 2. The van der Waals surface area contributed by atoms with Gasteiger partial charge in [-0.2, -0.15) is 0 Å². The normalized spacial score (nSPS) is 10.6. The van der Waals surface area contributed by atoms with Crippen LogP contribution in [0.4, 0.5) is 5.00 Å². The van der Waals surface area contributed by atoms with Crippen LogP contribution in [0.15, 0.2) is 6.07 Å². The maximum absolute atomic E-state index is 11.5. The Balaban J connectivity index is 2.68. The Morgan fingerprint density at radius 2 is 2.18 bits per heavy atom. The summed E-state index contributed by atoms with van der Waals surface area (Å²) in [6.45, 7) is 5.36. The summed E-state index contributed by atoms with van der Waals surface area (Å²) in [7, 11) is 0. The molecule has 0 saturated heterocycles. The van der Waals surface area contributed by atoms with Gasteiger partial charge in [0.1, 0.15) is 11.6 Å². The van der Waals surface area contributed by atoms with Gasteiger partial charge in [-0.25, -0.2) is 4.79 Å². The maximum Gasteiger partial charge on any atom is 0.338 e. The summed E-state index contributed by atoms with van der Waals surface area (Å²) in [5.74, 6) is -1.39. The molecule has 94 valence electrons. The minimum Gasteiger partial charge on any atom is -0.478 e. The number of aromatic carboxylic acids is 1. The monoisotopic (exact) mass is 257 g/mol. The molecule has 0 saturated carbocycles. The van der Waals surface area contributed by atoms with Crippen LogP contribution < -0.4 is 5.32 Å². The molecular weight excluding hydrogens is 242 g/mol. The molecule has 0 spiro atoms. The van der Waals surface area contributed by atoms with Crippen molar-refractivity contribution in [3.05, 3.63) is 16.5 Å². The van der Waals surface area contributed by atoms with Crippen LogP contribution in [0, 0.1) is 6.92 Å². The third-order valence-corrected chi connectivity index (χ3v) is 2.85. The van der Waals surface area contributed by atoms with Gasteiger partial charge in [0, 0.05) is 4.88 Å². The third kappa shape index (κ3) is 4.16. The van der Waals surface area contributed by atoms with Gasteiger partial charge in [-0.3, -0.25) is 4.79 Å². The van der Waals surface area contributed by atoms with E-state index in [1.54, 1.807) is 6.92 Å². The molecule has 0 bridgehead atoms. The second kappa shape index (κ2) is 5.79. The number of aryl methyl sites for hydroxylation is 1. The van der Waals surface area contributed by atoms with Crippen LogP contribution in [0.25, 0.3) is 0 Å². The first kappa shape index (κ1) is 13.7. The van der Waals surface area contributed by atoms with E-state index in [0.717, 1.165) is 4.88 Å². The molecule has 1 aromatic rings. The lowest BCUT2D eigenvalue weighted by molar-refractivity contribution is -0.121.